The first-order valence-corrected chi connectivity index (χ1v) is 8.89. The van der Waals surface area contributed by atoms with Crippen LogP contribution >= 0.6 is 0 Å². The van der Waals surface area contributed by atoms with Crippen molar-refractivity contribution in [3.8, 4) is 0 Å². The molecule has 5 heteroatoms. The number of ketones is 1. The molecule has 0 amide bonds. The van der Waals surface area contributed by atoms with E-state index in [1.807, 2.05) is 18.2 Å². The minimum Gasteiger partial charge on any atom is -0.469 e. The van der Waals surface area contributed by atoms with E-state index in [-0.39, 0.29) is 42.9 Å². The third-order valence-electron chi connectivity index (χ3n) is 4.94. The Labute approximate surface area is 149 Å². The number of hydrogen-bond acceptors (Lipinski definition) is 5. The highest BCUT2D eigenvalue weighted by molar-refractivity contribution is 5.83. The number of methoxy groups -OCH3 is 2. The minimum atomic E-state index is -0.293. The lowest BCUT2D eigenvalue weighted by Crippen LogP contribution is -2.41. The molecule has 138 valence electrons. The first kappa shape index (κ1) is 19.6. The van der Waals surface area contributed by atoms with Gasteiger partial charge in [-0.3, -0.25) is 9.59 Å². The zero-order chi connectivity index (χ0) is 18.1. The predicted molar refractivity (Wildman–Crippen MR) is 94.0 cm³/mol. The van der Waals surface area contributed by atoms with Gasteiger partial charge in [0.2, 0.25) is 0 Å². The fraction of sp³-hybridized carbons (Fsp3) is 0.600. The molecule has 0 aliphatic heterocycles. The molecule has 1 aromatic carbocycles. The van der Waals surface area contributed by atoms with Crippen LogP contribution in [0.4, 0.5) is 0 Å². The van der Waals surface area contributed by atoms with E-state index in [4.69, 9.17) is 14.2 Å². The minimum absolute atomic E-state index is 0.139. The van der Waals surface area contributed by atoms with Gasteiger partial charge in [0.05, 0.1) is 19.6 Å². The van der Waals surface area contributed by atoms with Gasteiger partial charge >= 0.3 is 5.97 Å². The van der Waals surface area contributed by atoms with Gasteiger partial charge in [0.1, 0.15) is 12.6 Å². The molecule has 0 saturated heterocycles. The van der Waals surface area contributed by atoms with Gasteiger partial charge in [0.25, 0.3) is 0 Å². The molecule has 0 bridgehead atoms. The van der Waals surface area contributed by atoms with Gasteiger partial charge < -0.3 is 14.2 Å². The average molecular weight is 348 g/mol. The Morgan fingerprint density at radius 2 is 1.96 bits per heavy atom. The molecule has 0 aromatic heterocycles. The highest BCUT2D eigenvalue weighted by atomic mass is 16.7. The van der Waals surface area contributed by atoms with Crippen LogP contribution < -0.4 is 0 Å². The van der Waals surface area contributed by atoms with Crippen molar-refractivity contribution in [2.45, 2.75) is 44.6 Å². The van der Waals surface area contributed by atoms with Gasteiger partial charge in [-0.25, -0.2) is 0 Å². The van der Waals surface area contributed by atoms with Gasteiger partial charge in [-0.15, -0.1) is 0 Å². The van der Waals surface area contributed by atoms with Gasteiger partial charge in [-0.2, -0.15) is 0 Å². The number of benzene rings is 1. The van der Waals surface area contributed by atoms with Crippen molar-refractivity contribution < 1.29 is 23.8 Å². The van der Waals surface area contributed by atoms with Crippen LogP contribution in [0.15, 0.2) is 30.3 Å². The largest absolute Gasteiger partial charge is 0.469 e. The van der Waals surface area contributed by atoms with Gasteiger partial charge in [-0.05, 0) is 31.2 Å². The smallest absolute Gasteiger partial charge is 0.305 e. The third kappa shape index (κ3) is 5.94. The topological polar surface area (TPSA) is 61.8 Å². The Hall–Kier alpha value is -1.72. The fourth-order valence-electron chi connectivity index (χ4n) is 3.64. The SMILES string of the molecule is COCO[C@H]1CCC(=O)[C@H](CCCc2ccccc2)[C@@H]1CC(=O)OC. The normalized spacial score (nSPS) is 23.4. The standard InChI is InChI=1S/C20H28O5/c1-23-14-25-19-12-11-18(21)16(17(19)13-20(22)24-2)10-6-9-15-7-4-3-5-8-15/h3-5,7-8,16-17,19H,6,9-14H2,1-2H3/t16-,17+,19+/m1/s1. The van der Waals surface area contributed by atoms with Crippen LogP contribution in [-0.4, -0.2) is 38.9 Å². The number of aryl methyl sites for hydroxylation is 1. The lowest BCUT2D eigenvalue weighted by Gasteiger charge is -2.36. The second kappa shape index (κ2) is 10.3. The van der Waals surface area contributed by atoms with Crippen LogP contribution in [0.2, 0.25) is 0 Å². The number of ether oxygens (including phenoxy) is 3. The maximum Gasteiger partial charge on any atom is 0.305 e. The summed E-state index contributed by atoms with van der Waals surface area (Å²) in [6.45, 7) is 0.174. The van der Waals surface area contributed by atoms with E-state index in [9.17, 15) is 9.59 Å². The van der Waals surface area contributed by atoms with E-state index in [1.165, 1.54) is 12.7 Å². The molecule has 1 aliphatic rings. The molecule has 0 N–H and O–H groups in total. The second-order valence-electron chi connectivity index (χ2n) is 6.55. The van der Waals surface area contributed by atoms with Crippen molar-refractivity contribution in [1.82, 2.24) is 0 Å². The Kier molecular flexibility index (Phi) is 8.09. The summed E-state index contributed by atoms with van der Waals surface area (Å²) in [6, 6.07) is 10.2. The summed E-state index contributed by atoms with van der Waals surface area (Å²) < 4.78 is 15.6. The van der Waals surface area contributed by atoms with Crippen LogP contribution in [0.1, 0.15) is 37.7 Å². The van der Waals surface area contributed by atoms with Gasteiger partial charge in [0.15, 0.2) is 0 Å². The molecule has 0 radical (unpaired) electrons. The van der Waals surface area contributed by atoms with Crippen LogP contribution in [0, 0.1) is 11.8 Å². The van der Waals surface area contributed by atoms with Crippen molar-refractivity contribution in [2.24, 2.45) is 11.8 Å². The molecule has 3 atom stereocenters. The molecule has 25 heavy (non-hydrogen) atoms. The molecule has 2 rings (SSSR count). The predicted octanol–water partition coefficient (Wildman–Crippen LogP) is 3.16. The lowest BCUT2D eigenvalue weighted by atomic mass is 9.72. The van der Waals surface area contributed by atoms with E-state index in [1.54, 1.807) is 7.11 Å². The van der Waals surface area contributed by atoms with Crippen LogP contribution in [0.3, 0.4) is 0 Å². The highest BCUT2D eigenvalue weighted by Gasteiger charge is 2.40. The third-order valence-corrected chi connectivity index (χ3v) is 4.94. The summed E-state index contributed by atoms with van der Waals surface area (Å²) >= 11 is 0. The maximum absolute atomic E-state index is 12.5. The number of esters is 1. The summed E-state index contributed by atoms with van der Waals surface area (Å²) in [7, 11) is 2.95. The number of Topliss-reactive ketones (excluding diaryl/α,β-unsaturated/α-hetero) is 1. The summed E-state index contributed by atoms with van der Waals surface area (Å²) in [5.74, 6) is -0.351. The zero-order valence-corrected chi connectivity index (χ0v) is 15.1. The molecular weight excluding hydrogens is 320 g/mol. The first-order chi connectivity index (χ1) is 12.2. The van der Waals surface area contributed by atoms with Crippen LogP contribution in [-0.2, 0) is 30.2 Å². The van der Waals surface area contributed by atoms with E-state index < -0.39 is 0 Å². The molecular formula is C20H28O5. The van der Waals surface area contributed by atoms with Crippen molar-refractivity contribution >= 4 is 11.8 Å². The van der Waals surface area contributed by atoms with Crippen molar-refractivity contribution in [1.29, 1.82) is 0 Å². The maximum atomic E-state index is 12.5. The molecule has 0 unspecified atom stereocenters. The Balaban J connectivity index is 2.00. The Morgan fingerprint density at radius 3 is 2.64 bits per heavy atom. The molecule has 0 spiro atoms. The van der Waals surface area contributed by atoms with E-state index in [2.05, 4.69) is 12.1 Å². The molecule has 0 heterocycles. The average Bonchev–Trinajstić information content (AvgIpc) is 2.64. The summed E-state index contributed by atoms with van der Waals surface area (Å²) in [5.41, 5.74) is 1.27. The summed E-state index contributed by atoms with van der Waals surface area (Å²) in [6.07, 6.45) is 3.82. The van der Waals surface area contributed by atoms with Gasteiger partial charge in [0, 0.05) is 25.4 Å². The zero-order valence-electron chi connectivity index (χ0n) is 15.1. The highest BCUT2D eigenvalue weighted by Crippen LogP contribution is 2.35. The van der Waals surface area contributed by atoms with E-state index in [0.29, 0.717) is 12.8 Å². The van der Waals surface area contributed by atoms with Crippen LogP contribution in [0.25, 0.3) is 0 Å². The summed E-state index contributed by atoms with van der Waals surface area (Å²) in [4.78, 5) is 24.3. The van der Waals surface area contributed by atoms with Crippen molar-refractivity contribution in [2.75, 3.05) is 21.0 Å². The van der Waals surface area contributed by atoms with Crippen LogP contribution in [0.5, 0.6) is 0 Å². The van der Waals surface area contributed by atoms with Crippen molar-refractivity contribution in [3.05, 3.63) is 35.9 Å². The number of rotatable bonds is 9. The molecule has 5 nitrogen and oxygen atoms in total. The Morgan fingerprint density at radius 1 is 1.20 bits per heavy atom. The quantitative estimate of drug-likeness (QED) is 0.507. The van der Waals surface area contributed by atoms with Gasteiger partial charge in [-0.1, -0.05) is 30.3 Å². The fourth-order valence-corrected chi connectivity index (χ4v) is 3.64. The second-order valence-corrected chi connectivity index (χ2v) is 6.55. The number of hydrogen-bond donors (Lipinski definition) is 0. The lowest BCUT2D eigenvalue weighted by molar-refractivity contribution is -0.154. The summed E-state index contributed by atoms with van der Waals surface area (Å²) in [5, 5.41) is 0. The Bertz CT molecular complexity index is 542. The first-order valence-electron chi connectivity index (χ1n) is 8.89. The monoisotopic (exact) mass is 348 g/mol. The molecule has 1 aromatic rings. The molecule has 1 aliphatic carbocycles. The van der Waals surface area contributed by atoms with E-state index in [0.717, 1.165) is 19.3 Å². The van der Waals surface area contributed by atoms with Crippen molar-refractivity contribution in [3.63, 3.8) is 0 Å². The van der Waals surface area contributed by atoms with E-state index >= 15 is 0 Å². The molecule has 1 saturated carbocycles. The number of carbonyl (C=O) groups is 2. The number of carbonyl (C=O) groups excluding carboxylic acids is 2. The molecule has 1 fully saturated rings.